The zero-order valence-corrected chi connectivity index (χ0v) is 29.8. The van der Waals surface area contributed by atoms with E-state index in [0.29, 0.717) is 0 Å². The van der Waals surface area contributed by atoms with Crippen LogP contribution >= 0.6 is 7.14 Å². The van der Waals surface area contributed by atoms with E-state index >= 15 is 4.57 Å². The minimum absolute atomic E-state index is 0.785. The van der Waals surface area contributed by atoms with E-state index in [0.717, 1.165) is 66.7 Å². The molecule has 1 atom stereocenters. The second kappa shape index (κ2) is 12.7. The molecular weight excluding hydrogens is 666 g/mol. The van der Waals surface area contributed by atoms with Gasteiger partial charge < -0.3 is 13.5 Å². The molecule has 0 aliphatic heterocycles. The van der Waals surface area contributed by atoms with E-state index in [9.17, 15) is 0 Å². The van der Waals surface area contributed by atoms with Gasteiger partial charge in [0.25, 0.3) is 0 Å². The molecule has 8 aromatic carbocycles. The monoisotopic (exact) mass is 699 g/mol. The topological polar surface area (TPSA) is 35.1 Å². The lowest BCUT2D eigenvalue weighted by Gasteiger charge is -2.21. The summed E-state index contributed by atoms with van der Waals surface area (Å²) in [5.41, 5.74) is 9.66. The number of hydrogen-bond donors (Lipinski definition) is 0. The zero-order valence-electron chi connectivity index (χ0n) is 28.9. The smallest absolute Gasteiger partial charge is 0.171 e. The van der Waals surface area contributed by atoms with Gasteiger partial charge in [-0.3, -0.25) is 0 Å². The van der Waals surface area contributed by atoms with E-state index in [1.165, 1.54) is 27.4 Å². The molecule has 0 saturated heterocycles. The van der Waals surface area contributed by atoms with Crippen LogP contribution in [0.5, 0.6) is 0 Å². The largest absolute Gasteiger partial charge is 0.456 e. The maximum absolute atomic E-state index is 15.4. The van der Waals surface area contributed by atoms with Crippen LogP contribution < -0.4 is 15.9 Å². The first kappa shape index (κ1) is 31.3. The van der Waals surface area contributed by atoms with Crippen LogP contribution in [0.1, 0.15) is 11.1 Å². The molecule has 10 aromatic rings. The number of aromatic nitrogens is 1. The Balaban J connectivity index is 1.05. The molecule has 0 N–H and O–H groups in total. The molecule has 0 fully saturated rings. The predicted molar refractivity (Wildman–Crippen MR) is 222 cm³/mol. The number of nitrogens with zero attached hydrogens (tertiary/aromatic N) is 1. The van der Waals surface area contributed by atoms with Crippen molar-refractivity contribution in [3.63, 3.8) is 0 Å². The number of furan rings is 1. The third-order valence-electron chi connectivity index (χ3n) is 10.5. The maximum Gasteiger partial charge on any atom is 0.171 e. The summed E-state index contributed by atoms with van der Waals surface area (Å²) in [6.45, 7) is 0. The van der Waals surface area contributed by atoms with Gasteiger partial charge in [0.2, 0.25) is 0 Å². The predicted octanol–water partition coefficient (Wildman–Crippen LogP) is 11.6. The van der Waals surface area contributed by atoms with Crippen LogP contribution in [0.15, 0.2) is 199 Å². The Kier molecular flexibility index (Phi) is 7.49. The van der Waals surface area contributed by atoms with Gasteiger partial charge in [0.15, 0.2) is 7.14 Å². The molecule has 252 valence electrons. The van der Waals surface area contributed by atoms with Gasteiger partial charge in [-0.1, -0.05) is 146 Å². The minimum Gasteiger partial charge on any atom is -0.456 e. The van der Waals surface area contributed by atoms with Crippen molar-refractivity contribution in [3.05, 3.63) is 205 Å². The van der Waals surface area contributed by atoms with Crippen molar-refractivity contribution >= 4 is 66.8 Å². The normalized spacial score (nSPS) is 12.8. The van der Waals surface area contributed by atoms with Gasteiger partial charge in [-0.2, -0.15) is 0 Å². The van der Waals surface area contributed by atoms with Gasteiger partial charge in [-0.25, -0.2) is 0 Å². The maximum atomic E-state index is 15.4. The number of para-hydroxylation sites is 2. The molecule has 0 aliphatic rings. The van der Waals surface area contributed by atoms with Crippen LogP contribution in [0, 0.1) is 0 Å². The number of benzene rings is 8. The minimum atomic E-state index is -3.16. The quantitative estimate of drug-likeness (QED) is 0.155. The lowest BCUT2D eigenvalue weighted by molar-refractivity contribution is 0.592. The van der Waals surface area contributed by atoms with E-state index in [2.05, 4.69) is 138 Å². The Morgan fingerprint density at radius 3 is 1.68 bits per heavy atom. The second-order valence-electron chi connectivity index (χ2n) is 13.7. The molecule has 1 unspecified atom stereocenters. The van der Waals surface area contributed by atoms with Crippen molar-refractivity contribution < 1.29 is 8.98 Å². The molecule has 4 heteroatoms. The highest BCUT2D eigenvalue weighted by atomic mass is 31.2. The molecule has 0 spiro atoms. The molecule has 3 nitrogen and oxygen atoms in total. The summed E-state index contributed by atoms with van der Waals surface area (Å²) in [5.74, 6) is 0. The van der Waals surface area contributed by atoms with E-state index in [-0.39, 0.29) is 0 Å². The fourth-order valence-electron chi connectivity index (χ4n) is 7.93. The summed E-state index contributed by atoms with van der Waals surface area (Å²) in [6, 6.07) is 67.0. The number of rotatable bonds is 7. The highest BCUT2D eigenvalue weighted by Gasteiger charge is 2.30. The molecule has 0 bridgehead atoms. The average molecular weight is 700 g/mol. The third-order valence-corrected chi connectivity index (χ3v) is 13.6. The molecule has 2 aromatic heterocycles. The average Bonchev–Trinajstić information content (AvgIpc) is 3.76. The van der Waals surface area contributed by atoms with E-state index < -0.39 is 7.14 Å². The Labute approximate surface area is 307 Å². The van der Waals surface area contributed by atoms with Crippen molar-refractivity contribution in [3.8, 4) is 16.8 Å². The Hall–Kier alpha value is -6.41. The fraction of sp³-hybridized carbons (Fsp3) is 0.0204. The van der Waals surface area contributed by atoms with Gasteiger partial charge in [0, 0.05) is 43.1 Å². The lowest BCUT2D eigenvalue weighted by Crippen LogP contribution is -2.25. The molecule has 0 saturated carbocycles. The first-order chi connectivity index (χ1) is 26.1. The van der Waals surface area contributed by atoms with Crippen molar-refractivity contribution in [1.29, 1.82) is 0 Å². The van der Waals surface area contributed by atoms with Crippen LogP contribution in [-0.4, -0.2) is 4.57 Å². The molecule has 53 heavy (non-hydrogen) atoms. The molecule has 10 rings (SSSR count). The number of fused-ring (bicyclic) bond motifs is 6. The van der Waals surface area contributed by atoms with E-state index in [1.54, 1.807) is 0 Å². The summed E-state index contributed by atoms with van der Waals surface area (Å²) in [4.78, 5) is 0. The summed E-state index contributed by atoms with van der Waals surface area (Å²) in [7, 11) is -3.16. The highest BCUT2D eigenvalue weighted by molar-refractivity contribution is 7.85. The molecule has 0 radical (unpaired) electrons. The van der Waals surface area contributed by atoms with Crippen LogP contribution in [-0.2, 0) is 11.0 Å². The molecule has 0 aliphatic carbocycles. The molecular formula is C49H34NO2P. The Bertz CT molecular complexity index is 2940. The van der Waals surface area contributed by atoms with Crippen molar-refractivity contribution in [2.45, 2.75) is 6.42 Å². The van der Waals surface area contributed by atoms with Gasteiger partial charge in [0.1, 0.15) is 11.2 Å². The van der Waals surface area contributed by atoms with Gasteiger partial charge in [-0.15, -0.1) is 0 Å². The number of hydrogen-bond acceptors (Lipinski definition) is 2. The zero-order chi connectivity index (χ0) is 35.4. The van der Waals surface area contributed by atoms with Crippen molar-refractivity contribution in [2.75, 3.05) is 0 Å². The van der Waals surface area contributed by atoms with Crippen molar-refractivity contribution in [1.82, 2.24) is 4.57 Å². The van der Waals surface area contributed by atoms with Gasteiger partial charge in [-0.05, 0) is 77.2 Å². The van der Waals surface area contributed by atoms with Crippen LogP contribution in [0.2, 0.25) is 0 Å². The first-order valence-electron chi connectivity index (χ1n) is 18.0. The molecule has 2 heterocycles. The van der Waals surface area contributed by atoms with Crippen LogP contribution in [0.4, 0.5) is 0 Å². The highest BCUT2D eigenvalue weighted by Crippen LogP contribution is 2.43. The first-order valence-corrected chi connectivity index (χ1v) is 19.7. The Morgan fingerprint density at radius 1 is 0.415 bits per heavy atom. The van der Waals surface area contributed by atoms with Crippen LogP contribution in [0.25, 0.3) is 60.6 Å². The van der Waals surface area contributed by atoms with E-state index in [1.807, 2.05) is 60.7 Å². The fourth-order valence-corrected chi connectivity index (χ4v) is 10.6. The summed E-state index contributed by atoms with van der Waals surface area (Å²) < 4.78 is 24.1. The summed E-state index contributed by atoms with van der Waals surface area (Å²) >= 11 is 0. The lowest BCUT2D eigenvalue weighted by atomic mass is 10.0. The standard InChI is InChI=1S/C49H34NO2P/c51-53(39-15-5-2-6-16-39,41-17-11-14-35(31-41)30-34-12-3-1-4-13-34)40-26-22-36(23-27-40)37-24-28-48-44(32-37)45-33-38(25-29-49(45)52-48)50-46-20-9-7-18-42(46)43-19-8-10-21-47(43)50/h1-29,31-33H,30H2. The SMILES string of the molecule is O=P(c1ccccc1)(c1ccc(-c2ccc3oc4ccc(-n5c6ccccc6c6ccccc65)cc4c3c2)cc1)c1cccc(Cc2ccccc2)c1. The van der Waals surface area contributed by atoms with E-state index in [4.69, 9.17) is 4.42 Å². The van der Waals surface area contributed by atoms with Crippen LogP contribution in [0.3, 0.4) is 0 Å². The van der Waals surface area contributed by atoms with Crippen molar-refractivity contribution in [2.24, 2.45) is 0 Å². The van der Waals surface area contributed by atoms with Gasteiger partial charge in [0.05, 0.1) is 11.0 Å². The summed E-state index contributed by atoms with van der Waals surface area (Å²) in [6.07, 6.45) is 0.785. The Morgan fingerprint density at radius 2 is 0.962 bits per heavy atom. The molecule has 0 amide bonds. The second-order valence-corrected chi connectivity index (χ2v) is 16.5. The van der Waals surface area contributed by atoms with Gasteiger partial charge >= 0.3 is 0 Å². The summed E-state index contributed by atoms with van der Waals surface area (Å²) in [5, 5.41) is 7.10. The third kappa shape index (κ3) is 5.32.